The van der Waals surface area contributed by atoms with Crippen molar-refractivity contribution in [3.63, 3.8) is 0 Å². The summed E-state index contributed by atoms with van der Waals surface area (Å²) in [5.74, 6) is -0.0525. The molecular formula is C19H26N4O5. The van der Waals surface area contributed by atoms with Crippen LogP contribution in [0.4, 0.5) is 0 Å². The Labute approximate surface area is 161 Å². The van der Waals surface area contributed by atoms with Crippen molar-refractivity contribution < 1.29 is 15.0 Å². The summed E-state index contributed by atoms with van der Waals surface area (Å²) in [5, 5.41) is 19.0. The Kier molecular flexibility index (Phi) is 4.45. The van der Waals surface area contributed by atoms with Crippen molar-refractivity contribution in [2.45, 2.75) is 70.4 Å². The first-order valence-corrected chi connectivity index (χ1v) is 9.95. The second kappa shape index (κ2) is 6.58. The van der Waals surface area contributed by atoms with Gasteiger partial charge in [-0.15, -0.1) is 0 Å². The number of nitrogens with one attached hydrogen (secondary N) is 1. The Morgan fingerprint density at radius 3 is 2.29 bits per heavy atom. The maximum atomic E-state index is 12.9. The molecule has 3 aliphatic rings. The van der Waals surface area contributed by atoms with Crippen LogP contribution in [0.25, 0.3) is 11.2 Å². The first-order valence-electron chi connectivity index (χ1n) is 9.95. The summed E-state index contributed by atoms with van der Waals surface area (Å²) < 4.78 is 2.55. The van der Waals surface area contributed by atoms with Crippen LogP contribution in [0.15, 0.2) is 9.59 Å². The van der Waals surface area contributed by atoms with Gasteiger partial charge < -0.3 is 15.2 Å². The highest BCUT2D eigenvalue weighted by Gasteiger charge is 2.54. The van der Waals surface area contributed by atoms with E-state index in [2.05, 4.69) is 9.97 Å². The number of carboxylic acid groups (broad SMARTS) is 1. The molecule has 28 heavy (non-hydrogen) atoms. The molecule has 0 atom stereocenters. The van der Waals surface area contributed by atoms with Gasteiger partial charge in [-0.05, 0) is 44.9 Å². The van der Waals surface area contributed by atoms with Crippen molar-refractivity contribution in [1.82, 2.24) is 19.1 Å². The first-order chi connectivity index (χ1) is 13.4. The van der Waals surface area contributed by atoms with Crippen molar-refractivity contribution in [3.8, 4) is 0 Å². The molecule has 3 fully saturated rings. The smallest absolute Gasteiger partial charge is 0.332 e. The van der Waals surface area contributed by atoms with Crippen molar-refractivity contribution in [1.29, 1.82) is 0 Å². The molecule has 0 amide bonds. The standard InChI is InChI=1S/C19H26N4O5/c1-2-9-23-14(25)12-13(22(10-11-24)17(23)28)21-15(20-12)18-3-6-19(7-4-18,8-5-18)16(26)27/h24H,2-11H2,1H3,(H,20,21)(H,26,27). The van der Waals surface area contributed by atoms with E-state index in [0.29, 0.717) is 57.3 Å². The van der Waals surface area contributed by atoms with Crippen LogP contribution in [0, 0.1) is 5.41 Å². The Morgan fingerprint density at radius 2 is 1.75 bits per heavy atom. The summed E-state index contributed by atoms with van der Waals surface area (Å²) in [6, 6.07) is 0. The van der Waals surface area contributed by atoms with Crippen LogP contribution in [0.1, 0.15) is 57.7 Å². The zero-order valence-corrected chi connectivity index (χ0v) is 16.0. The zero-order valence-electron chi connectivity index (χ0n) is 16.0. The topological polar surface area (TPSA) is 130 Å². The number of aliphatic carboxylic acids is 1. The number of hydrogen-bond donors (Lipinski definition) is 3. The number of H-pyrrole nitrogens is 1. The summed E-state index contributed by atoms with van der Waals surface area (Å²) >= 11 is 0. The molecule has 152 valence electrons. The van der Waals surface area contributed by atoms with Gasteiger partial charge in [0, 0.05) is 12.0 Å². The predicted molar refractivity (Wildman–Crippen MR) is 101 cm³/mol. The number of carbonyl (C=O) groups is 1. The molecule has 3 N–H and O–H groups in total. The number of aliphatic hydroxyl groups is 1. The lowest BCUT2D eigenvalue weighted by Crippen LogP contribution is -2.48. The summed E-state index contributed by atoms with van der Waals surface area (Å²) in [5.41, 5.74) is -1.19. The maximum absolute atomic E-state index is 12.9. The number of aliphatic hydroxyl groups excluding tert-OH is 1. The monoisotopic (exact) mass is 390 g/mol. The van der Waals surface area contributed by atoms with Gasteiger partial charge in [0.25, 0.3) is 5.56 Å². The van der Waals surface area contributed by atoms with Crippen molar-refractivity contribution in [2.24, 2.45) is 5.41 Å². The fourth-order valence-electron chi connectivity index (χ4n) is 5.00. The van der Waals surface area contributed by atoms with Crippen LogP contribution in [-0.2, 0) is 23.3 Å². The van der Waals surface area contributed by atoms with Crippen molar-refractivity contribution in [2.75, 3.05) is 6.61 Å². The fourth-order valence-corrected chi connectivity index (χ4v) is 5.00. The van der Waals surface area contributed by atoms with Crippen LogP contribution in [0.2, 0.25) is 0 Å². The average molecular weight is 390 g/mol. The predicted octanol–water partition coefficient (Wildman–Crippen LogP) is 0.965. The Bertz CT molecular complexity index is 1020. The van der Waals surface area contributed by atoms with E-state index >= 15 is 0 Å². The summed E-state index contributed by atoms with van der Waals surface area (Å²) in [7, 11) is 0. The molecule has 0 unspecified atom stereocenters. The minimum atomic E-state index is -0.718. The highest BCUT2D eigenvalue weighted by Crippen LogP contribution is 2.57. The van der Waals surface area contributed by atoms with Gasteiger partial charge in [-0.25, -0.2) is 9.78 Å². The van der Waals surface area contributed by atoms with Gasteiger partial charge in [-0.1, -0.05) is 6.92 Å². The molecule has 0 saturated heterocycles. The van der Waals surface area contributed by atoms with Gasteiger partial charge in [0.2, 0.25) is 0 Å². The number of aromatic amines is 1. The molecule has 0 spiro atoms. The van der Waals surface area contributed by atoms with Crippen LogP contribution in [-0.4, -0.2) is 41.9 Å². The quantitative estimate of drug-likeness (QED) is 0.674. The summed E-state index contributed by atoms with van der Waals surface area (Å²) in [4.78, 5) is 45.1. The van der Waals surface area contributed by atoms with Gasteiger partial charge in [-0.3, -0.25) is 18.7 Å². The van der Waals surface area contributed by atoms with Gasteiger partial charge in [0.15, 0.2) is 5.65 Å². The molecule has 5 rings (SSSR count). The number of nitrogens with zero attached hydrogens (tertiary/aromatic N) is 3. The molecule has 2 heterocycles. The lowest BCUT2D eigenvalue weighted by atomic mass is 9.53. The van der Waals surface area contributed by atoms with Crippen LogP contribution in [0.5, 0.6) is 0 Å². The van der Waals surface area contributed by atoms with Crippen LogP contribution in [0.3, 0.4) is 0 Å². The van der Waals surface area contributed by atoms with Crippen molar-refractivity contribution in [3.05, 3.63) is 26.7 Å². The number of rotatable bonds is 6. The number of imidazole rings is 1. The third-order valence-electron chi connectivity index (χ3n) is 6.83. The van der Waals surface area contributed by atoms with Gasteiger partial charge >= 0.3 is 11.7 Å². The van der Waals surface area contributed by atoms with Crippen molar-refractivity contribution >= 4 is 17.1 Å². The maximum Gasteiger partial charge on any atom is 0.332 e. The molecule has 2 aromatic heterocycles. The Balaban J connectivity index is 1.84. The highest BCUT2D eigenvalue weighted by molar-refractivity contribution is 5.75. The van der Waals surface area contributed by atoms with E-state index in [4.69, 9.17) is 0 Å². The van der Waals surface area contributed by atoms with Gasteiger partial charge in [-0.2, -0.15) is 0 Å². The third kappa shape index (κ3) is 2.56. The third-order valence-corrected chi connectivity index (χ3v) is 6.83. The molecule has 0 radical (unpaired) electrons. The van der Waals surface area contributed by atoms with E-state index in [-0.39, 0.29) is 29.7 Å². The lowest BCUT2D eigenvalue weighted by molar-refractivity contribution is -0.156. The summed E-state index contributed by atoms with van der Waals surface area (Å²) in [6.45, 7) is 2.04. The second-order valence-electron chi connectivity index (χ2n) is 8.26. The molecule has 2 aromatic rings. The normalized spacial score (nSPS) is 26.8. The van der Waals surface area contributed by atoms with Gasteiger partial charge in [0.1, 0.15) is 11.3 Å². The number of fused-ring (bicyclic) bond motifs is 4. The lowest BCUT2D eigenvalue weighted by Gasteiger charge is -2.50. The van der Waals surface area contributed by atoms with E-state index in [1.54, 1.807) is 0 Å². The molecule has 0 aromatic carbocycles. The highest BCUT2D eigenvalue weighted by atomic mass is 16.4. The fraction of sp³-hybridized carbons (Fsp3) is 0.684. The molecule has 9 heteroatoms. The zero-order chi connectivity index (χ0) is 20.1. The first kappa shape index (κ1) is 18.9. The second-order valence-corrected chi connectivity index (χ2v) is 8.26. The minimum Gasteiger partial charge on any atom is -0.481 e. The van der Waals surface area contributed by atoms with E-state index < -0.39 is 22.6 Å². The van der Waals surface area contributed by atoms with Crippen LogP contribution >= 0.6 is 0 Å². The SMILES string of the molecule is CCCn1c(=O)c2[nH]c(C34CCC(C(=O)O)(CC3)CC4)nc2n(CCO)c1=O. The number of carboxylic acids is 1. The molecule has 2 bridgehead atoms. The largest absolute Gasteiger partial charge is 0.481 e. The number of hydrogen-bond acceptors (Lipinski definition) is 5. The van der Waals surface area contributed by atoms with E-state index in [9.17, 15) is 24.6 Å². The van der Waals surface area contributed by atoms with Gasteiger partial charge in [0.05, 0.1) is 18.6 Å². The Hall–Kier alpha value is -2.42. The Morgan fingerprint density at radius 1 is 1.11 bits per heavy atom. The molecular weight excluding hydrogens is 364 g/mol. The van der Waals surface area contributed by atoms with Crippen LogP contribution < -0.4 is 11.2 Å². The van der Waals surface area contributed by atoms with E-state index in [1.165, 1.54) is 9.13 Å². The number of aromatic nitrogens is 4. The molecule has 0 aliphatic heterocycles. The molecule has 9 nitrogen and oxygen atoms in total. The average Bonchev–Trinajstić information content (AvgIpc) is 3.16. The molecule has 3 aliphatic carbocycles. The van der Waals surface area contributed by atoms with E-state index in [1.807, 2.05) is 6.92 Å². The summed E-state index contributed by atoms with van der Waals surface area (Å²) in [6.07, 6.45) is 4.54. The minimum absolute atomic E-state index is 0.0682. The molecule has 3 saturated carbocycles. The van der Waals surface area contributed by atoms with E-state index in [0.717, 1.165) is 0 Å².